The number of nitrogens with zero attached hydrogens (tertiary/aromatic N) is 2. The molecule has 0 saturated carbocycles. The molecule has 33 heavy (non-hydrogen) atoms. The van der Waals surface area contributed by atoms with E-state index in [0.717, 1.165) is 44.0 Å². The summed E-state index contributed by atoms with van der Waals surface area (Å²) in [5.74, 6) is 0.199. The van der Waals surface area contributed by atoms with Crippen molar-refractivity contribution in [3.63, 3.8) is 0 Å². The van der Waals surface area contributed by atoms with Gasteiger partial charge < -0.3 is 14.6 Å². The van der Waals surface area contributed by atoms with E-state index in [1.165, 1.54) is 6.07 Å². The molecule has 1 fully saturated rings. The molecule has 1 saturated heterocycles. The molecular weight excluding hydrogens is 431 g/mol. The predicted octanol–water partition coefficient (Wildman–Crippen LogP) is 5.01. The minimum absolute atomic E-state index is 0.0151. The molecule has 0 bridgehead atoms. The largest absolute Gasteiger partial charge is 0.452 e. The maximum Gasteiger partial charge on any atom is 0.416 e. The monoisotopic (exact) mass is 453 g/mol. The first-order valence-corrected chi connectivity index (χ1v) is 10.7. The highest BCUT2D eigenvalue weighted by molar-refractivity contribution is 5.86. The van der Waals surface area contributed by atoms with Crippen molar-refractivity contribution < 1.29 is 17.6 Å². The molecule has 0 aromatic heterocycles. The fourth-order valence-corrected chi connectivity index (χ4v) is 4.28. The van der Waals surface area contributed by atoms with Crippen LogP contribution in [0.5, 0.6) is 0 Å². The van der Waals surface area contributed by atoms with Crippen LogP contribution in [0.4, 0.5) is 18.9 Å². The Morgan fingerprint density at radius 1 is 1.00 bits per heavy atom. The molecule has 5 nitrogen and oxygen atoms in total. The number of aromatic nitrogens is 1. The normalized spacial score (nSPS) is 14.9. The van der Waals surface area contributed by atoms with Gasteiger partial charge in [0.05, 0.1) is 11.1 Å². The number of benzene rings is 3. The van der Waals surface area contributed by atoms with Crippen molar-refractivity contribution in [2.45, 2.75) is 20.0 Å². The quantitative estimate of drug-likeness (QED) is 0.433. The number of fused-ring (bicyclic) bond motifs is 2. The highest BCUT2D eigenvalue weighted by Crippen LogP contribution is 2.38. The molecular formula is C25H22F3N3O2. The summed E-state index contributed by atoms with van der Waals surface area (Å²) in [4.78, 5) is 20.1. The molecule has 1 aliphatic carbocycles. The topological polar surface area (TPSA) is 58.4 Å². The van der Waals surface area contributed by atoms with Gasteiger partial charge in [-0.2, -0.15) is 13.2 Å². The molecule has 1 N–H and O–H groups in total. The Hall–Kier alpha value is -3.39. The average molecular weight is 453 g/mol. The third-order valence-corrected chi connectivity index (χ3v) is 6.30. The van der Waals surface area contributed by atoms with Crippen LogP contribution in [0.3, 0.4) is 0 Å². The Morgan fingerprint density at radius 2 is 1.70 bits per heavy atom. The van der Waals surface area contributed by atoms with Crippen molar-refractivity contribution in [3.05, 3.63) is 69.4 Å². The van der Waals surface area contributed by atoms with Crippen LogP contribution in [0, 0.1) is 13.8 Å². The summed E-state index contributed by atoms with van der Waals surface area (Å²) < 4.78 is 45.6. The number of hydrogen-bond donors (Lipinski definition) is 1. The van der Waals surface area contributed by atoms with Gasteiger partial charge in [0, 0.05) is 37.4 Å². The van der Waals surface area contributed by atoms with Gasteiger partial charge in [-0.1, -0.05) is 12.1 Å². The van der Waals surface area contributed by atoms with Crippen molar-refractivity contribution in [3.8, 4) is 22.6 Å². The smallest absolute Gasteiger partial charge is 0.416 e. The zero-order chi connectivity index (χ0) is 23.3. The van der Waals surface area contributed by atoms with Crippen LogP contribution in [-0.4, -0.2) is 31.2 Å². The predicted molar refractivity (Wildman–Crippen MR) is 122 cm³/mol. The van der Waals surface area contributed by atoms with Crippen LogP contribution < -0.4 is 15.6 Å². The van der Waals surface area contributed by atoms with Crippen molar-refractivity contribution in [1.82, 2.24) is 10.3 Å². The molecule has 0 radical (unpaired) electrons. The van der Waals surface area contributed by atoms with E-state index >= 15 is 0 Å². The standard InChI is InChI=1S/C25H22F3N3O2/c1-14-15(2)23(32)21(16-3-6-18(7-4-16)31-11-9-29-10-12-31)24-22(14)30-19-8-5-17(25(26,27)28)13-20(19)33-24/h3-8,13,29H,9-12H2,1-2H3. The molecule has 0 amide bonds. The second-order valence-corrected chi connectivity index (χ2v) is 8.31. The van der Waals surface area contributed by atoms with Crippen LogP contribution in [0.1, 0.15) is 16.7 Å². The molecule has 0 atom stereocenters. The molecule has 2 aliphatic heterocycles. The SMILES string of the molecule is Cc1c2nc3ccc(C(F)(F)F)cc3oc-2c(-c2ccc(N3CCNCC3)cc2)c(=O)c1C. The summed E-state index contributed by atoms with van der Waals surface area (Å²) in [5.41, 5.74) is 2.92. The van der Waals surface area contributed by atoms with Gasteiger partial charge in [-0.3, -0.25) is 4.79 Å². The third-order valence-electron chi connectivity index (χ3n) is 6.30. The summed E-state index contributed by atoms with van der Waals surface area (Å²) in [5, 5.41) is 3.32. The number of anilines is 1. The molecule has 8 heteroatoms. The molecule has 0 spiro atoms. The maximum absolute atomic E-state index is 13.3. The summed E-state index contributed by atoms with van der Waals surface area (Å²) in [6, 6.07) is 10.8. The first kappa shape index (κ1) is 21.5. The van der Waals surface area contributed by atoms with Gasteiger partial charge >= 0.3 is 6.18 Å². The van der Waals surface area contributed by atoms with E-state index < -0.39 is 11.7 Å². The minimum atomic E-state index is -4.51. The lowest BCUT2D eigenvalue weighted by Gasteiger charge is -2.29. The number of nitrogens with one attached hydrogen (secondary N) is 1. The summed E-state index contributed by atoms with van der Waals surface area (Å²) in [7, 11) is 0. The van der Waals surface area contributed by atoms with Crippen LogP contribution >= 0.6 is 0 Å². The van der Waals surface area contributed by atoms with Crippen molar-refractivity contribution >= 4 is 16.8 Å². The molecule has 0 unspecified atom stereocenters. The molecule has 3 aliphatic rings. The number of halogens is 3. The van der Waals surface area contributed by atoms with Gasteiger partial charge in [-0.15, -0.1) is 0 Å². The lowest BCUT2D eigenvalue weighted by molar-refractivity contribution is -0.137. The molecule has 2 aromatic rings. The maximum atomic E-state index is 13.3. The molecule has 2 aromatic carbocycles. The van der Waals surface area contributed by atoms with Gasteiger partial charge in [0.2, 0.25) is 0 Å². The average Bonchev–Trinajstić information content (AvgIpc) is 2.82. The van der Waals surface area contributed by atoms with Gasteiger partial charge in [0.1, 0.15) is 11.2 Å². The van der Waals surface area contributed by atoms with E-state index in [1.807, 2.05) is 24.3 Å². The van der Waals surface area contributed by atoms with Gasteiger partial charge in [-0.05, 0) is 55.3 Å². The third kappa shape index (κ3) is 3.74. The van der Waals surface area contributed by atoms with Crippen molar-refractivity contribution in [2.24, 2.45) is 0 Å². The fourth-order valence-electron chi connectivity index (χ4n) is 4.28. The molecule has 2 heterocycles. The summed E-state index contributed by atoms with van der Waals surface area (Å²) in [6.45, 7) is 7.11. The Kier molecular flexibility index (Phi) is 5.12. The van der Waals surface area contributed by atoms with Gasteiger partial charge in [0.15, 0.2) is 16.8 Å². The molecule has 5 rings (SSSR count). The van der Waals surface area contributed by atoms with E-state index in [9.17, 15) is 18.0 Å². The number of rotatable bonds is 2. The second kappa shape index (κ2) is 7.88. The van der Waals surface area contributed by atoms with Crippen LogP contribution in [0.25, 0.3) is 33.7 Å². The van der Waals surface area contributed by atoms with Crippen molar-refractivity contribution in [2.75, 3.05) is 31.1 Å². The van der Waals surface area contributed by atoms with Crippen LogP contribution in [-0.2, 0) is 6.18 Å². The van der Waals surface area contributed by atoms with E-state index in [4.69, 9.17) is 4.42 Å². The lowest BCUT2D eigenvalue weighted by atomic mass is 9.93. The zero-order valence-corrected chi connectivity index (χ0v) is 18.2. The highest BCUT2D eigenvalue weighted by Gasteiger charge is 2.31. The number of piperazine rings is 1. The summed E-state index contributed by atoms with van der Waals surface area (Å²) >= 11 is 0. The van der Waals surface area contributed by atoms with E-state index in [2.05, 4.69) is 15.2 Å². The van der Waals surface area contributed by atoms with Gasteiger partial charge in [0.25, 0.3) is 0 Å². The Bertz CT molecular complexity index is 1370. The Morgan fingerprint density at radius 3 is 2.36 bits per heavy atom. The Labute approximate surface area is 188 Å². The molecule has 170 valence electrons. The minimum Gasteiger partial charge on any atom is -0.452 e. The van der Waals surface area contributed by atoms with E-state index in [-0.39, 0.29) is 16.8 Å². The van der Waals surface area contributed by atoms with Crippen LogP contribution in [0.2, 0.25) is 0 Å². The first-order chi connectivity index (χ1) is 15.7. The summed E-state index contributed by atoms with van der Waals surface area (Å²) in [6.07, 6.45) is -4.51. The van der Waals surface area contributed by atoms with Gasteiger partial charge in [-0.25, -0.2) is 4.98 Å². The second-order valence-electron chi connectivity index (χ2n) is 8.31. The highest BCUT2D eigenvalue weighted by atomic mass is 19.4. The fraction of sp³-hybridized carbons (Fsp3) is 0.280. The zero-order valence-electron chi connectivity index (χ0n) is 18.2. The Balaban J connectivity index is 1.70. The number of alkyl halides is 3. The number of hydrogen-bond acceptors (Lipinski definition) is 5. The van der Waals surface area contributed by atoms with Crippen molar-refractivity contribution in [1.29, 1.82) is 0 Å². The van der Waals surface area contributed by atoms with E-state index in [1.54, 1.807) is 13.8 Å². The van der Waals surface area contributed by atoms with Crippen LogP contribution in [0.15, 0.2) is 51.7 Å². The van der Waals surface area contributed by atoms with E-state index in [0.29, 0.717) is 33.5 Å². The first-order valence-electron chi connectivity index (χ1n) is 10.7. The lowest BCUT2D eigenvalue weighted by Crippen LogP contribution is -2.43.